The quantitative estimate of drug-likeness (QED) is 0.681. The fourth-order valence-corrected chi connectivity index (χ4v) is 1.36. The number of rotatable bonds is 2. The van der Waals surface area contributed by atoms with E-state index in [1.165, 1.54) is 0 Å². The van der Waals surface area contributed by atoms with E-state index >= 15 is 0 Å². The van der Waals surface area contributed by atoms with Gasteiger partial charge in [-0.1, -0.05) is 12.1 Å². The molecule has 0 amide bonds. The second kappa shape index (κ2) is 4.27. The maximum absolute atomic E-state index is 13.2. The fourth-order valence-electron chi connectivity index (χ4n) is 0.948. The summed E-state index contributed by atoms with van der Waals surface area (Å²) in [6.07, 6.45) is 6.26. The third kappa shape index (κ3) is 2.09. The molecule has 62 valence electrons. The van der Waals surface area contributed by atoms with Crippen LogP contribution in [0.4, 0.5) is 4.39 Å². The summed E-state index contributed by atoms with van der Waals surface area (Å²) in [5.74, 6) is 2.28. The van der Waals surface area contributed by atoms with Crippen LogP contribution in [0.15, 0.2) is 22.7 Å². The van der Waals surface area contributed by atoms with E-state index in [-0.39, 0.29) is 5.82 Å². The Bertz CT molecular complexity index is 312. The summed E-state index contributed by atoms with van der Waals surface area (Å²) in [5.41, 5.74) is 0.669. The lowest BCUT2D eigenvalue weighted by atomic mass is 10.1. The molecule has 0 fully saturated rings. The van der Waals surface area contributed by atoms with Gasteiger partial charge < -0.3 is 0 Å². The predicted octanol–water partition coefficient (Wildman–Crippen LogP) is 3.15. The summed E-state index contributed by atoms with van der Waals surface area (Å²) in [4.78, 5) is 0. The molecule has 0 nitrogen and oxygen atoms in total. The lowest BCUT2D eigenvalue weighted by Crippen LogP contribution is -1.90. The minimum absolute atomic E-state index is 0.201. The molecule has 0 heterocycles. The molecular weight excluding hydrogens is 219 g/mol. The molecule has 0 N–H and O–H groups in total. The Hall–Kier alpha value is -0.810. The van der Waals surface area contributed by atoms with Crippen molar-refractivity contribution in [1.29, 1.82) is 0 Å². The zero-order valence-electron chi connectivity index (χ0n) is 6.48. The number of benzene rings is 1. The summed E-state index contributed by atoms with van der Waals surface area (Å²) in [7, 11) is 0. The van der Waals surface area contributed by atoms with E-state index in [0.29, 0.717) is 22.9 Å². The third-order valence-electron chi connectivity index (χ3n) is 1.57. The van der Waals surface area contributed by atoms with Crippen molar-refractivity contribution in [2.24, 2.45) is 0 Å². The average Bonchev–Trinajstić information content (AvgIpc) is 2.08. The molecule has 0 radical (unpaired) electrons. The van der Waals surface area contributed by atoms with E-state index in [9.17, 15) is 4.39 Å². The van der Waals surface area contributed by atoms with E-state index in [0.717, 1.165) is 0 Å². The molecule has 1 aromatic carbocycles. The number of halogens is 2. The number of terminal acetylenes is 1. The molecule has 1 aromatic rings. The zero-order chi connectivity index (χ0) is 8.97. The molecule has 2 heteroatoms. The smallest absolute Gasteiger partial charge is 0.140 e. The Kier molecular flexibility index (Phi) is 3.31. The van der Waals surface area contributed by atoms with Crippen molar-refractivity contribution in [2.45, 2.75) is 12.8 Å². The van der Waals surface area contributed by atoms with Gasteiger partial charge in [0.2, 0.25) is 0 Å². The Morgan fingerprint density at radius 1 is 1.50 bits per heavy atom. The molecule has 1 rings (SSSR count). The van der Waals surface area contributed by atoms with Crippen LogP contribution < -0.4 is 0 Å². The highest BCUT2D eigenvalue weighted by atomic mass is 79.9. The van der Waals surface area contributed by atoms with Crippen LogP contribution in [-0.2, 0) is 6.42 Å². The van der Waals surface area contributed by atoms with Crippen LogP contribution in [-0.4, -0.2) is 0 Å². The monoisotopic (exact) mass is 226 g/mol. The molecular formula is C10H8BrF. The van der Waals surface area contributed by atoms with Crippen LogP contribution in [0, 0.1) is 18.2 Å². The van der Waals surface area contributed by atoms with Crippen LogP contribution in [0.3, 0.4) is 0 Å². The molecule has 0 aromatic heterocycles. The van der Waals surface area contributed by atoms with E-state index < -0.39 is 0 Å². The van der Waals surface area contributed by atoms with Gasteiger partial charge in [0.1, 0.15) is 5.82 Å². The molecule has 0 aliphatic heterocycles. The lowest BCUT2D eigenvalue weighted by Gasteiger charge is -2.01. The summed E-state index contributed by atoms with van der Waals surface area (Å²) in [6, 6.07) is 5.23. The van der Waals surface area contributed by atoms with Crippen molar-refractivity contribution in [2.75, 3.05) is 0 Å². The predicted molar refractivity (Wildman–Crippen MR) is 51.3 cm³/mol. The van der Waals surface area contributed by atoms with Gasteiger partial charge in [-0.25, -0.2) is 4.39 Å². The molecule has 0 saturated carbocycles. The Morgan fingerprint density at radius 3 is 2.92 bits per heavy atom. The molecule has 0 saturated heterocycles. The molecule has 0 atom stereocenters. The van der Waals surface area contributed by atoms with Crippen LogP contribution >= 0.6 is 15.9 Å². The van der Waals surface area contributed by atoms with Crippen LogP contribution in [0.25, 0.3) is 0 Å². The van der Waals surface area contributed by atoms with Gasteiger partial charge in [-0.3, -0.25) is 0 Å². The Labute approximate surface area is 79.9 Å². The van der Waals surface area contributed by atoms with Crippen molar-refractivity contribution in [3.8, 4) is 12.3 Å². The zero-order valence-corrected chi connectivity index (χ0v) is 8.07. The van der Waals surface area contributed by atoms with Crippen molar-refractivity contribution in [1.82, 2.24) is 0 Å². The second-order valence-corrected chi connectivity index (χ2v) is 3.27. The first kappa shape index (κ1) is 9.28. The summed E-state index contributed by atoms with van der Waals surface area (Å²) < 4.78 is 13.7. The van der Waals surface area contributed by atoms with Crippen molar-refractivity contribution < 1.29 is 4.39 Å². The number of hydrogen-bond acceptors (Lipinski definition) is 0. The number of hydrogen-bond donors (Lipinski definition) is 0. The molecule has 0 bridgehead atoms. The molecule has 0 aliphatic carbocycles. The van der Waals surface area contributed by atoms with E-state index in [4.69, 9.17) is 6.42 Å². The largest absolute Gasteiger partial charge is 0.205 e. The minimum atomic E-state index is -0.201. The van der Waals surface area contributed by atoms with E-state index in [2.05, 4.69) is 21.9 Å². The van der Waals surface area contributed by atoms with Gasteiger partial charge in [0.05, 0.1) is 4.47 Å². The standard InChI is InChI=1S/C10H8BrF/c1-2-3-5-8-6-4-7-9(11)10(8)12/h1,4,6-7H,3,5H2. The lowest BCUT2D eigenvalue weighted by molar-refractivity contribution is 0.603. The highest BCUT2D eigenvalue weighted by Gasteiger charge is 2.03. The summed E-state index contributed by atoms with van der Waals surface area (Å²) in [6.45, 7) is 0. The second-order valence-electron chi connectivity index (χ2n) is 2.42. The Balaban J connectivity index is 2.86. The minimum Gasteiger partial charge on any atom is -0.205 e. The third-order valence-corrected chi connectivity index (χ3v) is 2.18. The van der Waals surface area contributed by atoms with Crippen LogP contribution in [0.1, 0.15) is 12.0 Å². The molecule has 0 unspecified atom stereocenters. The fraction of sp³-hybridized carbons (Fsp3) is 0.200. The molecule has 12 heavy (non-hydrogen) atoms. The molecule has 0 aliphatic rings. The van der Waals surface area contributed by atoms with E-state index in [1.807, 2.05) is 0 Å². The van der Waals surface area contributed by atoms with Crippen molar-refractivity contribution in [3.05, 3.63) is 34.1 Å². The average molecular weight is 227 g/mol. The van der Waals surface area contributed by atoms with Gasteiger partial charge >= 0.3 is 0 Å². The van der Waals surface area contributed by atoms with Gasteiger partial charge in [0.15, 0.2) is 0 Å². The van der Waals surface area contributed by atoms with Gasteiger partial charge in [0, 0.05) is 6.42 Å². The Morgan fingerprint density at radius 2 is 2.25 bits per heavy atom. The maximum atomic E-state index is 13.2. The first-order valence-electron chi connectivity index (χ1n) is 3.62. The van der Waals surface area contributed by atoms with Crippen molar-refractivity contribution >= 4 is 15.9 Å². The highest BCUT2D eigenvalue weighted by Crippen LogP contribution is 2.19. The van der Waals surface area contributed by atoms with E-state index in [1.54, 1.807) is 18.2 Å². The van der Waals surface area contributed by atoms with Gasteiger partial charge in [-0.15, -0.1) is 12.3 Å². The van der Waals surface area contributed by atoms with Gasteiger partial charge in [-0.2, -0.15) is 0 Å². The summed E-state index contributed by atoms with van der Waals surface area (Å²) >= 11 is 3.11. The topological polar surface area (TPSA) is 0 Å². The van der Waals surface area contributed by atoms with Crippen LogP contribution in [0.2, 0.25) is 0 Å². The normalized spacial score (nSPS) is 9.42. The maximum Gasteiger partial charge on any atom is 0.140 e. The van der Waals surface area contributed by atoms with Crippen molar-refractivity contribution in [3.63, 3.8) is 0 Å². The first-order valence-corrected chi connectivity index (χ1v) is 4.41. The van der Waals surface area contributed by atoms with Gasteiger partial charge in [0.25, 0.3) is 0 Å². The highest BCUT2D eigenvalue weighted by molar-refractivity contribution is 9.10. The van der Waals surface area contributed by atoms with Gasteiger partial charge in [-0.05, 0) is 34.0 Å². The molecule has 0 spiro atoms. The first-order chi connectivity index (χ1) is 5.75. The summed E-state index contributed by atoms with van der Waals surface area (Å²) in [5, 5.41) is 0. The SMILES string of the molecule is C#CCCc1cccc(Br)c1F. The van der Waals surface area contributed by atoms with Crippen LogP contribution in [0.5, 0.6) is 0 Å². The number of aryl methyl sites for hydroxylation is 1.